The highest BCUT2D eigenvalue weighted by Crippen LogP contribution is 2.17. The van der Waals surface area contributed by atoms with Crippen molar-refractivity contribution in [3.63, 3.8) is 0 Å². The van der Waals surface area contributed by atoms with Gasteiger partial charge in [-0.2, -0.15) is 4.31 Å². The van der Waals surface area contributed by atoms with Crippen molar-refractivity contribution in [3.05, 3.63) is 18.5 Å². The molecule has 1 aromatic rings. The Morgan fingerprint density at radius 1 is 1.41 bits per heavy atom. The molecule has 2 heterocycles. The molecule has 1 fully saturated rings. The molecule has 17 heavy (non-hydrogen) atoms. The van der Waals surface area contributed by atoms with E-state index < -0.39 is 10.0 Å². The molecule has 1 saturated heterocycles. The van der Waals surface area contributed by atoms with Crippen molar-refractivity contribution in [2.24, 2.45) is 0 Å². The predicted molar refractivity (Wildman–Crippen MR) is 62.9 cm³/mol. The first kappa shape index (κ1) is 12.4. The SMILES string of the molecule is CNC1CCCN(S(=O)(=O)c2ncccn2)C1. The lowest BCUT2D eigenvalue weighted by Crippen LogP contribution is -2.47. The van der Waals surface area contributed by atoms with Gasteiger partial charge in [-0.15, -0.1) is 0 Å². The van der Waals surface area contributed by atoms with E-state index >= 15 is 0 Å². The van der Waals surface area contributed by atoms with Crippen molar-refractivity contribution in [2.75, 3.05) is 20.1 Å². The standard InChI is InChI=1S/C10H16N4O2S/c1-11-9-4-2-7-14(8-9)17(15,16)10-12-5-3-6-13-10/h3,5-6,9,11H,2,4,7-8H2,1H3. The van der Waals surface area contributed by atoms with Gasteiger partial charge in [-0.3, -0.25) is 0 Å². The number of hydrogen-bond acceptors (Lipinski definition) is 5. The minimum Gasteiger partial charge on any atom is -0.316 e. The average Bonchev–Trinajstić information content (AvgIpc) is 2.40. The van der Waals surface area contributed by atoms with Crippen LogP contribution in [0.3, 0.4) is 0 Å². The van der Waals surface area contributed by atoms with E-state index in [0.717, 1.165) is 12.8 Å². The Morgan fingerprint density at radius 2 is 2.12 bits per heavy atom. The van der Waals surface area contributed by atoms with Crippen molar-refractivity contribution in [3.8, 4) is 0 Å². The maximum Gasteiger partial charge on any atom is 0.278 e. The van der Waals surface area contributed by atoms with Gasteiger partial charge in [-0.05, 0) is 26.0 Å². The number of rotatable bonds is 3. The monoisotopic (exact) mass is 256 g/mol. The third-order valence-electron chi connectivity index (χ3n) is 2.91. The normalized spacial score (nSPS) is 22.5. The molecule has 0 aromatic carbocycles. The fourth-order valence-electron chi connectivity index (χ4n) is 1.93. The molecule has 0 amide bonds. The van der Waals surface area contributed by atoms with E-state index in [4.69, 9.17) is 0 Å². The van der Waals surface area contributed by atoms with Crippen LogP contribution < -0.4 is 5.32 Å². The molecule has 7 heteroatoms. The van der Waals surface area contributed by atoms with Gasteiger partial charge >= 0.3 is 0 Å². The van der Waals surface area contributed by atoms with E-state index in [-0.39, 0.29) is 11.2 Å². The summed E-state index contributed by atoms with van der Waals surface area (Å²) in [4.78, 5) is 7.63. The van der Waals surface area contributed by atoms with Crippen LogP contribution in [0, 0.1) is 0 Å². The lowest BCUT2D eigenvalue weighted by atomic mass is 10.1. The molecular weight excluding hydrogens is 240 g/mol. The zero-order chi connectivity index (χ0) is 12.3. The second-order valence-corrected chi connectivity index (χ2v) is 5.85. The molecule has 1 aliphatic heterocycles. The largest absolute Gasteiger partial charge is 0.316 e. The second kappa shape index (κ2) is 5.07. The summed E-state index contributed by atoms with van der Waals surface area (Å²) in [6.07, 6.45) is 4.74. The molecule has 0 saturated carbocycles. The van der Waals surface area contributed by atoms with Gasteiger partial charge in [0.05, 0.1) is 0 Å². The summed E-state index contributed by atoms with van der Waals surface area (Å²) >= 11 is 0. The Balaban J connectivity index is 2.21. The smallest absolute Gasteiger partial charge is 0.278 e. The summed E-state index contributed by atoms with van der Waals surface area (Å²) in [5.74, 6) is 0. The second-order valence-electron chi connectivity index (χ2n) is 4.02. The Labute approximate surface area is 101 Å². The van der Waals surface area contributed by atoms with E-state index in [1.165, 1.54) is 16.7 Å². The third kappa shape index (κ3) is 2.62. The van der Waals surface area contributed by atoms with Crippen molar-refractivity contribution in [2.45, 2.75) is 24.0 Å². The van der Waals surface area contributed by atoms with Gasteiger partial charge in [-0.25, -0.2) is 18.4 Å². The van der Waals surface area contributed by atoms with Crippen LogP contribution in [0.1, 0.15) is 12.8 Å². The summed E-state index contributed by atoms with van der Waals surface area (Å²) in [5, 5.41) is 3.00. The number of nitrogens with one attached hydrogen (secondary N) is 1. The first-order valence-electron chi connectivity index (χ1n) is 5.59. The number of aromatic nitrogens is 2. The van der Waals surface area contributed by atoms with E-state index in [1.807, 2.05) is 7.05 Å². The molecule has 1 unspecified atom stereocenters. The van der Waals surface area contributed by atoms with Crippen LogP contribution in [0.5, 0.6) is 0 Å². The van der Waals surface area contributed by atoms with Crippen LogP contribution in [0.15, 0.2) is 23.6 Å². The Bertz CT molecular complexity index is 462. The Kier molecular flexibility index (Phi) is 3.70. The van der Waals surface area contributed by atoms with Crippen LogP contribution in [-0.2, 0) is 10.0 Å². The fraction of sp³-hybridized carbons (Fsp3) is 0.600. The molecule has 0 radical (unpaired) electrons. The summed E-state index contributed by atoms with van der Waals surface area (Å²) in [6, 6.07) is 1.81. The van der Waals surface area contributed by atoms with Gasteiger partial charge in [0.25, 0.3) is 15.2 Å². The molecule has 94 valence electrons. The molecule has 6 nitrogen and oxygen atoms in total. The molecule has 2 rings (SSSR count). The predicted octanol–water partition coefficient (Wildman–Crippen LogP) is -0.151. The summed E-state index contributed by atoms with van der Waals surface area (Å²) in [5.41, 5.74) is 0. The lowest BCUT2D eigenvalue weighted by molar-refractivity contribution is 0.291. The molecule has 0 spiro atoms. The van der Waals surface area contributed by atoms with Crippen LogP contribution in [0.25, 0.3) is 0 Å². The average molecular weight is 256 g/mol. The van der Waals surface area contributed by atoms with E-state index in [0.29, 0.717) is 13.1 Å². The van der Waals surface area contributed by atoms with Gasteiger partial charge in [0.2, 0.25) is 0 Å². The topological polar surface area (TPSA) is 75.2 Å². The van der Waals surface area contributed by atoms with Crippen LogP contribution in [-0.4, -0.2) is 48.9 Å². The van der Waals surface area contributed by atoms with Gasteiger partial charge in [-0.1, -0.05) is 0 Å². The van der Waals surface area contributed by atoms with Crippen molar-refractivity contribution < 1.29 is 8.42 Å². The Hall–Kier alpha value is -1.05. The number of likely N-dealkylation sites (N-methyl/N-ethyl adjacent to an activating group) is 1. The van der Waals surface area contributed by atoms with E-state index in [1.54, 1.807) is 6.07 Å². The van der Waals surface area contributed by atoms with Crippen molar-refractivity contribution in [1.29, 1.82) is 0 Å². The zero-order valence-corrected chi connectivity index (χ0v) is 10.5. The number of hydrogen-bond donors (Lipinski definition) is 1. The highest BCUT2D eigenvalue weighted by atomic mass is 32.2. The number of nitrogens with zero attached hydrogens (tertiary/aromatic N) is 3. The Morgan fingerprint density at radius 3 is 2.76 bits per heavy atom. The number of sulfonamides is 1. The van der Waals surface area contributed by atoms with E-state index in [2.05, 4.69) is 15.3 Å². The third-order valence-corrected chi connectivity index (χ3v) is 4.59. The van der Waals surface area contributed by atoms with Gasteiger partial charge in [0.15, 0.2) is 0 Å². The first-order chi connectivity index (χ1) is 8.14. The van der Waals surface area contributed by atoms with Crippen molar-refractivity contribution in [1.82, 2.24) is 19.6 Å². The fourth-order valence-corrected chi connectivity index (χ4v) is 3.30. The van der Waals surface area contributed by atoms with Gasteiger partial charge < -0.3 is 5.32 Å². The minimum absolute atomic E-state index is 0.114. The maximum absolute atomic E-state index is 12.2. The molecular formula is C10H16N4O2S. The van der Waals surface area contributed by atoms with Crippen LogP contribution in [0.2, 0.25) is 0 Å². The highest BCUT2D eigenvalue weighted by molar-refractivity contribution is 7.88. The minimum atomic E-state index is -3.53. The maximum atomic E-state index is 12.2. The van der Waals surface area contributed by atoms with Crippen LogP contribution in [0.4, 0.5) is 0 Å². The lowest BCUT2D eigenvalue weighted by Gasteiger charge is -2.30. The molecule has 1 aliphatic rings. The summed E-state index contributed by atoms with van der Waals surface area (Å²) in [7, 11) is -1.69. The van der Waals surface area contributed by atoms with Gasteiger partial charge in [0.1, 0.15) is 0 Å². The summed E-state index contributed by atoms with van der Waals surface area (Å²) < 4.78 is 25.9. The molecule has 1 atom stereocenters. The molecule has 0 aliphatic carbocycles. The quantitative estimate of drug-likeness (QED) is 0.761. The number of piperidine rings is 1. The van der Waals surface area contributed by atoms with Crippen molar-refractivity contribution >= 4 is 10.0 Å². The first-order valence-corrected chi connectivity index (χ1v) is 7.03. The zero-order valence-electron chi connectivity index (χ0n) is 9.70. The van der Waals surface area contributed by atoms with Gasteiger partial charge in [0, 0.05) is 31.5 Å². The summed E-state index contributed by atoms with van der Waals surface area (Å²) in [6.45, 7) is 1.02. The van der Waals surface area contributed by atoms with E-state index in [9.17, 15) is 8.42 Å². The highest BCUT2D eigenvalue weighted by Gasteiger charge is 2.31. The molecule has 1 aromatic heterocycles. The molecule has 0 bridgehead atoms. The molecule has 1 N–H and O–H groups in total. The van der Waals surface area contributed by atoms with Crippen LogP contribution >= 0.6 is 0 Å².